The van der Waals surface area contributed by atoms with Crippen LogP contribution < -0.4 is 10.1 Å². The van der Waals surface area contributed by atoms with Crippen molar-refractivity contribution in [1.29, 1.82) is 0 Å². The molecule has 1 atom stereocenters. The Bertz CT molecular complexity index is 499. The Labute approximate surface area is 135 Å². The predicted octanol–water partition coefficient (Wildman–Crippen LogP) is 2.09. The van der Waals surface area contributed by atoms with Gasteiger partial charge in [-0.2, -0.15) is 11.8 Å². The Morgan fingerprint density at radius 3 is 2.41 bits per heavy atom. The van der Waals surface area contributed by atoms with Gasteiger partial charge in [-0.25, -0.2) is 4.79 Å². The summed E-state index contributed by atoms with van der Waals surface area (Å²) >= 11 is 1.61. The van der Waals surface area contributed by atoms with E-state index < -0.39 is 12.0 Å². The highest BCUT2D eigenvalue weighted by atomic mass is 32.2. The molecule has 0 saturated heterocycles. The first-order chi connectivity index (χ1) is 10.5. The lowest BCUT2D eigenvalue weighted by molar-refractivity contribution is -0.145. The zero-order valence-corrected chi connectivity index (χ0v) is 14.3. The van der Waals surface area contributed by atoms with Gasteiger partial charge in [0.05, 0.1) is 7.11 Å². The van der Waals surface area contributed by atoms with Crippen LogP contribution in [0.1, 0.15) is 17.5 Å². The third kappa shape index (κ3) is 6.39. The van der Waals surface area contributed by atoms with Crippen LogP contribution in [0.4, 0.5) is 0 Å². The predicted molar refractivity (Wildman–Crippen MR) is 88.4 cm³/mol. The fourth-order valence-electron chi connectivity index (χ4n) is 2.03. The van der Waals surface area contributed by atoms with Crippen molar-refractivity contribution in [2.45, 2.75) is 26.3 Å². The monoisotopic (exact) mass is 325 g/mol. The highest BCUT2D eigenvalue weighted by molar-refractivity contribution is 7.98. The molecule has 0 aliphatic carbocycles. The van der Waals surface area contributed by atoms with Crippen LogP contribution in [0.3, 0.4) is 0 Å². The average Bonchev–Trinajstić information content (AvgIpc) is 2.47. The van der Waals surface area contributed by atoms with E-state index in [1.165, 1.54) is 7.11 Å². The number of benzene rings is 1. The van der Waals surface area contributed by atoms with E-state index in [4.69, 9.17) is 9.47 Å². The molecule has 6 heteroatoms. The summed E-state index contributed by atoms with van der Waals surface area (Å²) in [5.74, 6) is 0.633. The summed E-state index contributed by atoms with van der Waals surface area (Å²) in [6, 6.07) is 5.13. The van der Waals surface area contributed by atoms with Gasteiger partial charge in [-0.1, -0.05) is 6.07 Å². The number of methoxy groups -OCH3 is 1. The second-order valence-electron chi connectivity index (χ2n) is 5.04. The third-order valence-corrected chi connectivity index (χ3v) is 3.64. The molecule has 0 fully saturated rings. The first-order valence-corrected chi connectivity index (χ1v) is 8.43. The van der Waals surface area contributed by atoms with Gasteiger partial charge in [0, 0.05) is 0 Å². The lowest BCUT2D eigenvalue weighted by Gasteiger charge is -2.16. The smallest absolute Gasteiger partial charge is 0.328 e. The fourth-order valence-corrected chi connectivity index (χ4v) is 2.50. The molecular formula is C16H23NO4S. The van der Waals surface area contributed by atoms with Crippen LogP contribution in [0, 0.1) is 13.8 Å². The maximum absolute atomic E-state index is 11.9. The normalized spacial score (nSPS) is 11.6. The number of amides is 1. The van der Waals surface area contributed by atoms with Crippen molar-refractivity contribution in [2.75, 3.05) is 25.7 Å². The molecule has 0 aliphatic heterocycles. The number of esters is 1. The molecule has 0 heterocycles. The van der Waals surface area contributed by atoms with Gasteiger partial charge in [-0.3, -0.25) is 4.79 Å². The zero-order chi connectivity index (χ0) is 16.5. The number of carbonyl (C=O) groups is 2. The highest BCUT2D eigenvalue weighted by Gasteiger charge is 2.21. The highest BCUT2D eigenvalue weighted by Crippen LogP contribution is 2.16. The SMILES string of the molecule is COC(=O)[C@@H](CCSC)NC(=O)COc1cc(C)cc(C)c1. The lowest BCUT2D eigenvalue weighted by Crippen LogP contribution is -2.43. The number of ether oxygens (including phenoxy) is 2. The van der Waals surface area contributed by atoms with Gasteiger partial charge < -0.3 is 14.8 Å². The molecule has 1 rings (SSSR count). The molecule has 0 aromatic heterocycles. The maximum Gasteiger partial charge on any atom is 0.328 e. The van der Waals surface area contributed by atoms with Crippen molar-refractivity contribution < 1.29 is 19.1 Å². The quantitative estimate of drug-likeness (QED) is 0.742. The molecule has 122 valence electrons. The molecule has 0 bridgehead atoms. The Morgan fingerprint density at radius 2 is 1.86 bits per heavy atom. The van der Waals surface area contributed by atoms with Crippen molar-refractivity contribution in [2.24, 2.45) is 0 Å². The Hall–Kier alpha value is -1.69. The molecule has 1 aromatic carbocycles. The Morgan fingerprint density at radius 1 is 1.23 bits per heavy atom. The molecule has 0 unspecified atom stereocenters. The standard InChI is InChI=1S/C16H23NO4S/c1-11-7-12(2)9-13(8-11)21-10-15(18)17-14(5-6-22-4)16(19)20-3/h7-9,14H,5-6,10H2,1-4H3,(H,17,18)/t14-/m1/s1. The molecule has 0 spiro atoms. The van der Waals surface area contributed by atoms with Crippen molar-refractivity contribution in [1.82, 2.24) is 5.32 Å². The van der Waals surface area contributed by atoms with Crippen LogP contribution in [0.5, 0.6) is 5.75 Å². The molecule has 1 N–H and O–H groups in total. The molecule has 0 aliphatic rings. The summed E-state index contributed by atoms with van der Waals surface area (Å²) in [4.78, 5) is 23.6. The van der Waals surface area contributed by atoms with Crippen LogP contribution in [0.15, 0.2) is 18.2 Å². The topological polar surface area (TPSA) is 64.6 Å². The second-order valence-corrected chi connectivity index (χ2v) is 6.02. The molecule has 0 radical (unpaired) electrons. The lowest BCUT2D eigenvalue weighted by atomic mass is 10.1. The van der Waals surface area contributed by atoms with Gasteiger partial charge in [0.1, 0.15) is 11.8 Å². The summed E-state index contributed by atoms with van der Waals surface area (Å²) in [5, 5.41) is 2.65. The summed E-state index contributed by atoms with van der Waals surface area (Å²) in [6.45, 7) is 3.81. The van der Waals surface area contributed by atoms with E-state index in [-0.39, 0.29) is 12.5 Å². The second kappa shape index (κ2) is 9.35. The van der Waals surface area contributed by atoms with Gasteiger partial charge in [-0.05, 0) is 55.5 Å². The average molecular weight is 325 g/mol. The first-order valence-electron chi connectivity index (χ1n) is 7.03. The van der Waals surface area contributed by atoms with E-state index in [0.29, 0.717) is 12.2 Å². The number of hydrogen-bond acceptors (Lipinski definition) is 5. The molecule has 0 saturated carbocycles. The van der Waals surface area contributed by atoms with E-state index in [1.807, 2.05) is 38.3 Å². The summed E-state index contributed by atoms with van der Waals surface area (Å²) in [5.41, 5.74) is 2.14. The summed E-state index contributed by atoms with van der Waals surface area (Å²) in [7, 11) is 1.31. The Kier molecular flexibility index (Phi) is 7.80. The third-order valence-electron chi connectivity index (χ3n) is 3.00. The molecule has 1 amide bonds. The number of thioether (sulfide) groups is 1. The molecule has 22 heavy (non-hydrogen) atoms. The van der Waals surface area contributed by atoms with Gasteiger partial charge >= 0.3 is 5.97 Å². The van der Waals surface area contributed by atoms with Crippen molar-refractivity contribution in [3.63, 3.8) is 0 Å². The van der Waals surface area contributed by atoms with Crippen LogP contribution >= 0.6 is 11.8 Å². The summed E-state index contributed by atoms with van der Waals surface area (Å²) in [6.07, 6.45) is 2.47. The molecule has 5 nitrogen and oxygen atoms in total. The van der Waals surface area contributed by atoms with Crippen molar-refractivity contribution in [3.8, 4) is 5.75 Å². The number of carbonyl (C=O) groups excluding carboxylic acids is 2. The fraction of sp³-hybridized carbons (Fsp3) is 0.500. The largest absolute Gasteiger partial charge is 0.484 e. The van der Waals surface area contributed by atoms with E-state index >= 15 is 0 Å². The van der Waals surface area contributed by atoms with Gasteiger partial charge in [0.2, 0.25) is 0 Å². The van der Waals surface area contributed by atoms with Crippen LogP contribution in [-0.4, -0.2) is 43.6 Å². The van der Waals surface area contributed by atoms with E-state index in [1.54, 1.807) is 11.8 Å². The zero-order valence-electron chi connectivity index (χ0n) is 13.5. The molecule has 1 aromatic rings. The van der Waals surface area contributed by atoms with Gasteiger partial charge in [-0.15, -0.1) is 0 Å². The van der Waals surface area contributed by atoms with Crippen LogP contribution in [0.25, 0.3) is 0 Å². The minimum Gasteiger partial charge on any atom is -0.484 e. The molecular weight excluding hydrogens is 302 g/mol. The number of rotatable bonds is 8. The maximum atomic E-state index is 11.9. The number of aryl methyl sites for hydroxylation is 2. The minimum atomic E-state index is -0.632. The number of nitrogens with one attached hydrogen (secondary N) is 1. The minimum absolute atomic E-state index is 0.129. The summed E-state index contributed by atoms with van der Waals surface area (Å²) < 4.78 is 10.2. The van der Waals surface area contributed by atoms with Gasteiger partial charge in [0.25, 0.3) is 5.91 Å². The Balaban J connectivity index is 2.54. The van der Waals surface area contributed by atoms with E-state index in [0.717, 1.165) is 16.9 Å². The number of hydrogen-bond donors (Lipinski definition) is 1. The van der Waals surface area contributed by atoms with Crippen molar-refractivity contribution >= 4 is 23.6 Å². The van der Waals surface area contributed by atoms with Crippen LogP contribution in [0.2, 0.25) is 0 Å². The first kappa shape index (κ1) is 18.4. The van der Waals surface area contributed by atoms with Crippen molar-refractivity contribution in [3.05, 3.63) is 29.3 Å². The van der Waals surface area contributed by atoms with E-state index in [2.05, 4.69) is 5.32 Å². The van der Waals surface area contributed by atoms with Gasteiger partial charge in [0.15, 0.2) is 6.61 Å². The van der Waals surface area contributed by atoms with Crippen LogP contribution in [-0.2, 0) is 14.3 Å². The van der Waals surface area contributed by atoms with E-state index in [9.17, 15) is 9.59 Å².